The highest BCUT2D eigenvalue weighted by Crippen LogP contribution is 2.30. The second-order valence-corrected chi connectivity index (χ2v) is 8.59. The molecule has 0 amide bonds. The molecule has 0 N–H and O–H groups in total. The van der Waals surface area contributed by atoms with Gasteiger partial charge >= 0.3 is 11.9 Å². The number of ether oxygens (including phenoxy) is 2. The lowest BCUT2D eigenvalue weighted by molar-refractivity contribution is -0.156. The quantitative estimate of drug-likeness (QED) is 0.561. The summed E-state index contributed by atoms with van der Waals surface area (Å²) in [5.74, 6) is -1.12. The zero-order valence-corrected chi connectivity index (χ0v) is 15.0. The number of aromatic nitrogens is 2. The zero-order chi connectivity index (χ0) is 18.2. The summed E-state index contributed by atoms with van der Waals surface area (Å²) < 4.78 is 34.5. The molecule has 0 aliphatic carbocycles. The minimum Gasteiger partial charge on any atom is -0.463 e. The second-order valence-electron chi connectivity index (χ2n) is 6.01. The highest BCUT2D eigenvalue weighted by atomic mass is 35.5. The van der Waals surface area contributed by atoms with Crippen LogP contribution in [0.1, 0.15) is 30.1 Å². The van der Waals surface area contributed by atoms with E-state index < -0.39 is 27.9 Å². The summed E-state index contributed by atoms with van der Waals surface area (Å²) in [6, 6.07) is -0.307. The molecule has 2 aliphatic rings. The Bertz CT molecular complexity index is 844. The topological polar surface area (TPSA) is 105 Å². The Morgan fingerprint density at radius 1 is 1.44 bits per heavy atom. The van der Waals surface area contributed by atoms with Crippen molar-refractivity contribution in [3.05, 3.63) is 22.5 Å². The average Bonchev–Trinajstić information content (AvgIpc) is 3.17. The van der Waals surface area contributed by atoms with Crippen LogP contribution in [0.25, 0.3) is 6.08 Å². The number of esters is 2. The van der Waals surface area contributed by atoms with E-state index in [4.69, 9.17) is 21.1 Å². The van der Waals surface area contributed by atoms with Gasteiger partial charge in [-0.1, -0.05) is 11.6 Å². The summed E-state index contributed by atoms with van der Waals surface area (Å²) in [4.78, 5) is 23.1. The molecule has 0 unspecified atom stereocenters. The third kappa shape index (κ3) is 3.87. The van der Waals surface area contributed by atoms with Gasteiger partial charge in [-0.2, -0.15) is 5.10 Å². The Balaban J connectivity index is 1.72. The number of hydrogen-bond donors (Lipinski definition) is 0. The molecule has 0 spiro atoms. The third-order valence-electron chi connectivity index (χ3n) is 4.16. The predicted octanol–water partition coefficient (Wildman–Crippen LogP) is 1.08. The molecule has 0 radical (unpaired) electrons. The lowest BCUT2D eigenvalue weighted by Gasteiger charge is -2.09. The highest BCUT2D eigenvalue weighted by Gasteiger charge is 2.32. The maximum Gasteiger partial charge on any atom is 0.347 e. The number of rotatable bonds is 4. The van der Waals surface area contributed by atoms with Crippen LogP contribution in [0, 0.1) is 6.92 Å². The van der Waals surface area contributed by atoms with Gasteiger partial charge in [0.15, 0.2) is 9.84 Å². The lowest BCUT2D eigenvalue weighted by Crippen LogP contribution is -2.21. The fourth-order valence-corrected chi connectivity index (χ4v) is 4.91. The molecule has 0 aromatic carbocycles. The molecule has 2 saturated heterocycles. The molecule has 2 aliphatic heterocycles. The first-order valence-electron chi connectivity index (χ1n) is 7.77. The van der Waals surface area contributed by atoms with Crippen LogP contribution in [0.3, 0.4) is 0 Å². The predicted molar refractivity (Wildman–Crippen MR) is 88.8 cm³/mol. The highest BCUT2D eigenvalue weighted by molar-refractivity contribution is 7.91. The van der Waals surface area contributed by atoms with Crippen molar-refractivity contribution in [3.63, 3.8) is 0 Å². The van der Waals surface area contributed by atoms with Gasteiger partial charge in [0.25, 0.3) is 0 Å². The molecule has 2 fully saturated rings. The molecule has 136 valence electrons. The van der Waals surface area contributed by atoms with Gasteiger partial charge in [0.2, 0.25) is 6.10 Å². The van der Waals surface area contributed by atoms with Crippen LogP contribution in [0.2, 0.25) is 5.15 Å². The number of carbonyl (C=O) groups excluding carboxylic acids is 2. The molecular weight excluding hydrogens is 372 g/mol. The summed E-state index contributed by atoms with van der Waals surface area (Å²) in [5, 5.41) is 4.56. The molecule has 8 nitrogen and oxygen atoms in total. The van der Waals surface area contributed by atoms with Gasteiger partial charge < -0.3 is 9.47 Å². The van der Waals surface area contributed by atoms with E-state index in [1.165, 1.54) is 10.8 Å². The van der Waals surface area contributed by atoms with E-state index in [0.717, 1.165) is 6.08 Å². The van der Waals surface area contributed by atoms with Crippen molar-refractivity contribution >= 4 is 39.5 Å². The van der Waals surface area contributed by atoms with E-state index in [-0.39, 0.29) is 29.3 Å². The Hall–Kier alpha value is -1.87. The van der Waals surface area contributed by atoms with Gasteiger partial charge in [-0.25, -0.2) is 22.7 Å². The van der Waals surface area contributed by atoms with Gasteiger partial charge in [0.1, 0.15) is 5.15 Å². The largest absolute Gasteiger partial charge is 0.463 e. The van der Waals surface area contributed by atoms with Crippen LogP contribution in [0.5, 0.6) is 0 Å². The minimum atomic E-state index is -3.06. The van der Waals surface area contributed by atoms with E-state index >= 15 is 0 Å². The van der Waals surface area contributed by atoms with Crippen molar-refractivity contribution in [2.24, 2.45) is 0 Å². The first-order valence-corrected chi connectivity index (χ1v) is 9.97. The fourth-order valence-electron chi connectivity index (χ4n) is 2.85. The van der Waals surface area contributed by atoms with Crippen LogP contribution in [0.15, 0.2) is 6.08 Å². The van der Waals surface area contributed by atoms with Crippen LogP contribution >= 0.6 is 11.6 Å². The lowest BCUT2D eigenvalue weighted by atomic mass is 10.2. The maximum absolute atomic E-state index is 11.8. The first kappa shape index (κ1) is 17.9. The standard InChI is InChI=1S/C15H17ClN2O6S/c1-9-11(2-3-13(19)24-12-4-6-23-15(12)20)14(16)18(17-9)10-5-7-25(21,22)8-10/h2-3,10,12H,4-8H2,1H3/b3-2+/t10-,12+/m0/s1. The van der Waals surface area contributed by atoms with Crippen LogP contribution in [0.4, 0.5) is 0 Å². The summed E-state index contributed by atoms with van der Waals surface area (Å²) >= 11 is 6.31. The molecule has 3 rings (SSSR count). The van der Waals surface area contributed by atoms with Crippen LogP contribution in [-0.4, -0.2) is 54.4 Å². The number of cyclic esters (lactones) is 1. The summed E-state index contributed by atoms with van der Waals surface area (Å²) in [6.07, 6.45) is 2.54. The Morgan fingerprint density at radius 2 is 2.20 bits per heavy atom. The first-order chi connectivity index (χ1) is 11.8. The number of aryl methyl sites for hydroxylation is 1. The smallest absolute Gasteiger partial charge is 0.347 e. The van der Waals surface area contributed by atoms with E-state index in [1.54, 1.807) is 6.92 Å². The number of hydrogen-bond acceptors (Lipinski definition) is 7. The zero-order valence-electron chi connectivity index (χ0n) is 13.5. The monoisotopic (exact) mass is 388 g/mol. The maximum atomic E-state index is 11.8. The van der Waals surface area contributed by atoms with Crippen molar-refractivity contribution < 1.29 is 27.5 Å². The van der Waals surface area contributed by atoms with Gasteiger partial charge in [-0.15, -0.1) is 0 Å². The van der Waals surface area contributed by atoms with Gasteiger partial charge in [0.05, 0.1) is 29.8 Å². The summed E-state index contributed by atoms with van der Waals surface area (Å²) in [5.41, 5.74) is 1.08. The Morgan fingerprint density at radius 3 is 2.80 bits per heavy atom. The summed E-state index contributed by atoms with van der Waals surface area (Å²) in [7, 11) is -3.06. The molecule has 2 atom stereocenters. The number of carbonyl (C=O) groups is 2. The number of halogens is 1. The van der Waals surface area contributed by atoms with E-state index in [2.05, 4.69) is 5.10 Å². The minimum absolute atomic E-state index is 0.00281. The molecule has 25 heavy (non-hydrogen) atoms. The molecule has 0 saturated carbocycles. The number of nitrogens with zero attached hydrogens (tertiary/aromatic N) is 2. The van der Waals surface area contributed by atoms with Crippen LogP contribution < -0.4 is 0 Å². The van der Waals surface area contributed by atoms with Crippen molar-refractivity contribution in [1.29, 1.82) is 0 Å². The normalized spacial score (nSPS) is 25.4. The SMILES string of the molecule is Cc1nn([C@H]2CCS(=O)(=O)C2)c(Cl)c1/C=C/C(=O)O[C@@H]1CCOC1=O. The van der Waals surface area contributed by atoms with E-state index in [0.29, 0.717) is 24.1 Å². The third-order valence-corrected chi connectivity index (χ3v) is 6.28. The molecule has 1 aromatic rings. The molecule has 3 heterocycles. The van der Waals surface area contributed by atoms with Crippen molar-refractivity contribution in [1.82, 2.24) is 9.78 Å². The molecule has 10 heteroatoms. The molecule has 1 aromatic heterocycles. The van der Waals surface area contributed by atoms with Crippen molar-refractivity contribution in [3.8, 4) is 0 Å². The van der Waals surface area contributed by atoms with Crippen LogP contribution in [-0.2, 0) is 28.9 Å². The molecule has 0 bridgehead atoms. The molecular formula is C15H17ClN2O6S. The number of sulfone groups is 1. The fraction of sp³-hybridized carbons (Fsp3) is 0.533. The second kappa shape index (κ2) is 6.80. The summed E-state index contributed by atoms with van der Waals surface area (Å²) in [6.45, 7) is 1.95. The van der Waals surface area contributed by atoms with Gasteiger partial charge in [-0.05, 0) is 19.4 Å². The van der Waals surface area contributed by atoms with E-state index in [9.17, 15) is 18.0 Å². The van der Waals surface area contributed by atoms with Gasteiger partial charge in [0, 0.05) is 18.1 Å². The van der Waals surface area contributed by atoms with Crippen molar-refractivity contribution in [2.75, 3.05) is 18.1 Å². The van der Waals surface area contributed by atoms with Crippen molar-refractivity contribution in [2.45, 2.75) is 31.9 Å². The van der Waals surface area contributed by atoms with Gasteiger partial charge in [-0.3, -0.25) is 0 Å². The van der Waals surface area contributed by atoms with E-state index in [1.807, 2.05) is 0 Å². The average molecular weight is 389 g/mol. The Kier molecular flexibility index (Phi) is 4.88. The Labute approximate surface area is 149 Å².